The molecule has 1 heterocycles. The second kappa shape index (κ2) is 10.3. The van der Waals surface area contributed by atoms with Crippen molar-refractivity contribution >= 4 is 35.2 Å². The maximum atomic E-state index is 12.9. The zero-order valence-electron chi connectivity index (χ0n) is 14.9. The fraction of sp³-hybridized carbons (Fsp3) is 0.500. The quantitative estimate of drug-likeness (QED) is 0.618. The molecule has 9 heteroatoms. The number of carbonyl (C=O) groups is 3. The summed E-state index contributed by atoms with van der Waals surface area (Å²) >= 11 is 1.09. The molecule has 2 rings (SSSR count). The number of hydrogen-bond donors (Lipinski definition) is 3. The summed E-state index contributed by atoms with van der Waals surface area (Å²) in [5.74, 6) is -2.52. The van der Waals surface area contributed by atoms with Crippen LogP contribution in [0.3, 0.4) is 0 Å². The highest BCUT2D eigenvalue weighted by Crippen LogP contribution is 2.19. The molecule has 0 spiro atoms. The minimum atomic E-state index is -1.09. The molecule has 0 aromatic heterocycles. The van der Waals surface area contributed by atoms with Crippen molar-refractivity contribution in [2.75, 3.05) is 24.3 Å². The lowest BCUT2D eigenvalue weighted by Crippen LogP contribution is -2.50. The molecule has 1 fully saturated rings. The number of anilines is 1. The third-order valence-corrected chi connectivity index (χ3v) is 5.34. The van der Waals surface area contributed by atoms with E-state index in [1.807, 2.05) is 0 Å². The number of carbonyl (C=O) groups excluding carboxylic acids is 2. The van der Waals surface area contributed by atoms with Gasteiger partial charge in [0.15, 0.2) is 0 Å². The van der Waals surface area contributed by atoms with Gasteiger partial charge in [0.1, 0.15) is 11.9 Å². The van der Waals surface area contributed by atoms with Gasteiger partial charge in [0.05, 0.1) is 17.6 Å². The summed E-state index contributed by atoms with van der Waals surface area (Å²) in [6.07, 6.45) is 1.44. The van der Waals surface area contributed by atoms with Crippen molar-refractivity contribution < 1.29 is 28.6 Å². The van der Waals surface area contributed by atoms with Crippen LogP contribution in [0, 0.1) is 11.7 Å². The number of rotatable bonds is 8. The Bertz CT molecular complexity index is 664. The van der Waals surface area contributed by atoms with E-state index in [2.05, 4.69) is 10.6 Å². The molecule has 148 valence electrons. The van der Waals surface area contributed by atoms with Crippen LogP contribution >= 0.6 is 11.8 Å². The van der Waals surface area contributed by atoms with Gasteiger partial charge in [-0.2, -0.15) is 0 Å². The van der Waals surface area contributed by atoms with E-state index in [1.165, 1.54) is 24.3 Å². The van der Waals surface area contributed by atoms with Crippen LogP contribution in [-0.4, -0.2) is 53.1 Å². The van der Waals surface area contributed by atoms with Gasteiger partial charge in [-0.25, -0.2) is 9.18 Å². The van der Waals surface area contributed by atoms with Crippen LogP contribution in [0.5, 0.6) is 0 Å². The second-order valence-corrected chi connectivity index (χ2v) is 7.64. The van der Waals surface area contributed by atoms with Crippen molar-refractivity contribution in [1.82, 2.24) is 5.32 Å². The molecule has 0 saturated carbocycles. The summed E-state index contributed by atoms with van der Waals surface area (Å²) < 4.78 is 18.2. The number of nitrogens with one attached hydrogen (secondary N) is 2. The van der Waals surface area contributed by atoms with Crippen LogP contribution in [0.4, 0.5) is 10.1 Å². The Hall–Kier alpha value is -2.13. The van der Waals surface area contributed by atoms with Gasteiger partial charge in [-0.15, -0.1) is 11.8 Å². The number of carboxylic acids is 1. The third-order valence-electron chi connectivity index (χ3n) is 4.19. The van der Waals surface area contributed by atoms with Gasteiger partial charge in [-0.05, 0) is 44.0 Å². The Balaban J connectivity index is 1.80. The largest absolute Gasteiger partial charge is 0.480 e. The Morgan fingerprint density at radius 2 is 2.04 bits per heavy atom. The van der Waals surface area contributed by atoms with Gasteiger partial charge in [-0.3, -0.25) is 9.59 Å². The fourth-order valence-corrected chi connectivity index (χ4v) is 3.38. The van der Waals surface area contributed by atoms with E-state index in [9.17, 15) is 23.9 Å². The second-order valence-electron chi connectivity index (χ2n) is 6.31. The summed E-state index contributed by atoms with van der Waals surface area (Å²) in [7, 11) is 0. The van der Waals surface area contributed by atoms with E-state index < -0.39 is 29.0 Å². The minimum absolute atomic E-state index is 0.0102. The highest BCUT2D eigenvalue weighted by atomic mass is 32.2. The van der Waals surface area contributed by atoms with Crippen LogP contribution < -0.4 is 10.6 Å². The highest BCUT2D eigenvalue weighted by molar-refractivity contribution is 8.01. The van der Waals surface area contributed by atoms with Crippen molar-refractivity contribution in [2.24, 2.45) is 5.92 Å². The Kier molecular flexibility index (Phi) is 8.05. The monoisotopic (exact) mass is 398 g/mol. The first-order chi connectivity index (χ1) is 12.9. The normalized spacial score (nSPS) is 19.0. The predicted molar refractivity (Wildman–Crippen MR) is 100 cm³/mol. The standard InChI is InChI=1S/C18H23FN2O5S/c1-11(27-10-15(22)20-14-6-4-13(19)5-7-14)17(23)21-16(18(24)25)12-3-2-8-26-9-12/h4-7,11-12,16H,2-3,8-10H2,1H3,(H,20,22)(H,21,23)(H,24,25). The van der Waals surface area contributed by atoms with Gasteiger partial charge in [0.2, 0.25) is 11.8 Å². The Labute approximate surface area is 161 Å². The number of aliphatic carboxylic acids is 1. The summed E-state index contributed by atoms with van der Waals surface area (Å²) in [6.45, 7) is 2.52. The number of carboxylic acid groups (broad SMARTS) is 1. The van der Waals surface area contributed by atoms with Crippen LogP contribution in [0.25, 0.3) is 0 Å². The zero-order chi connectivity index (χ0) is 19.8. The molecule has 1 aromatic carbocycles. The summed E-state index contributed by atoms with van der Waals surface area (Å²) in [5, 5.41) is 13.9. The summed E-state index contributed by atoms with van der Waals surface area (Å²) in [6, 6.07) is 4.35. The molecule has 0 radical (unpaired) electrons. The van der Waals surface area contributed by atoms with Gasteiger partial charge in [0.25, 0.3) is 0 Å². The number of ether oxygens (including phenoxy) is 1. The van der Waals surface area contributed by atoms with E-state index in [1.54, 1.807) is 6.92 Å². The Morgan fingerprint density at radius 3 is 2.63 bits per heavy atom. The molecular formula is C18H23FN2O5S. The molecule has 27 heavy (non-hydrogen) atoms. The van der Waals surface area contributed by atoms with Crippen LogP contribution in [0.15, 0.2) is 24.3 Å². The fourth-order valence-electron chi connectivity index (χ4n) is 2.69. The molecule has 1 saturated heterocycles. The van der Waals surface area contributed by atoms with Gasteiger partial charge in [0, 0.05) is 18.2 Å². The number of thioether (sulfide) groups is 1. The van der Waals surface area contributed by atoms with Gasteiger partial charge >= 0.3 is 5.97 Å². The molecule has 1 aliphatic rings. The minimum Gasteiger partial charge on any atom is -0.480 e. The first kappa shape index (κ1) is 21.2. The molecule has 7 nitrogen and oxygen atoms in total. The maximum absolute atomic E-state index is 12.9. The van der Waals surface area contributed by atoms with Crippen molar-refractivity contribution in [3.8, 4) is 0 Å². The molecule has 0 bridgehead atoms. The number of halogens is 1. The smallest absolute Gasteiger partial charge is 0.326 e. The van der Waals surface area contributed by atoms with E-state index in [-0.39, 0.29) is 17.6 Å². The molecule has 2 amide bonds. The van der Waals surface area contributed by atoms with Crippen molar-refractivity contribution in [3.05, 3.63) is 30.1 Å². The molecule has 1 aliphatic heterocycles. The van der Waals surface area contributed by atoms with E-state index in [0.29, 0.717) is 25.3 Å². The summed E-state index contributed by atoms with van der Waals surface area (Å²) in [4.78, 5) is 35.7. The van der Waals surface area contributed by atoms with E-state index in [0.717, 1.165) is 18.2 Å². The molecule has 3 unspecified atom stereocenters. The first-order valence-corrected chi connectivity index (χ1v) is 9.69. The van der Waals surface area contributed by atoms with Crippen LogP contribution in [-0.2, 0) is 19.1 Å². The predicted octanol–water partition coefficient (Wildman–Crippen LogP) is 1.88. The Morgan fingerprint density at radius 1 is 1.33 bits per heavy atom. The zero-order valence-corrected chi connectivity index (χ0v) is 15.8. The molecule has 3 N–H and O–H groups in total. The summed E-state index contributed by atoms with van der Waals surface area (Å²) in [5.41, 5.74) is 0.461. The van der Waals surface area contributed by atoms with Crippen molar-refractivity contribution in [3.63, 3.8) is 0 Å². The van der Waals surface area contributed by atoms with Crippen LogP contribution in [0.2, 0.25) is 0 Å². The molecule has 0 aliphatic carbocycles. The van der Waals surface area contributed by atoms with Gasteiger partial charge in [-0.1, -0.05) is 0 Å². The number of hydrogen-bond acceptors (Lipinski definition) is 5. The first-order valence-electron chi connectivity index (χ1n) is 8.64. The maximum Gasteiger partial charge on any atom is 0.326 e. The van der Waals surface area contributed by atoms with Crippen LogP contribution in [0.1, 0.15) is 19.8 Å². The molecule has 3 atom stereocenters. The average Bonchev–Trinajstić information content (AvgIpc) is 2.66. The number of amides is 2. The van der Waals surface area contributed by atoms with Gasteiger partial charge < -0.3 is 20.5 Å². The molecular weight excluding hydrogens is 375 g/mol. The lowest BCUT2D eigenvalue weighted by atomic mass is 9.93. The number of benzene rings is 1. The third kappa shape index (κ3) is 6.84. The lowest BCUT2D eigenvalue weighted by Gasteiger charge is -2.28. The topological polar surface area (TPSA) is 105 Å². The lowest BCUT2D eigenvalue weighted by molar-refractivity contribution is -0.145. The SMILES string of the molecule is CC(SCC(=O)Nc1ccc(F)cc1)C(=O)NC(C(=O)O)C1CCCOC1. The van der Waals surface area contributed by atoms with Crippen molar-refractivity contribution in [2.45, 2.75) is 31.1 Å². The van der Waals surface area contributed by atoms with E-state index in [4.69, 9.17) is 4.74 Å². The van der Waals surface area contributed by atoms with Crippen molar-refractivity contribution in [1.29, 1.82) is 0 Å². The average molecular weight is 398 g/mol. The van der Waals surface area contributed by atoms with E-state index >= 15 is 0 Å². The highest BCUT2D eigenvalue weighted by Gasteiger charge is 2.32. The molecule has 1 aromatic rings.